The quantitative estimate of drug-likeness (QED) is 0.471. The summed E-state index contributed by atoms with van der Waals surface area (Å²) in [5, 5.41) is 18.5. The number of benzene rings is 1. The molecule has 152 valence electrons. The van der Waals surface area contributed by atoms with Crippen LogP contribution in [0.5, 0.6) is 0 Å². The Morgan fingerprint density at radius 3 is 2.68 bits per heavy atom. The Morgan fingerprint density at radius 2 is 2.00 bits per heavy atom. The number of halogens is 2. The molecule has 1 aromatic carbocycles. The molecule has 7 heteroatoms. The van der Waals surface area contributed by atoms with Crippen LogP contribution in [0, 0.1) is 0 Å². The highest BCUT2D eigenvalue weighted by molar-refractivity contribution is 5.79. The third kappa shape index (κ3) is 5.99. The summed E-state index contributed by atoms with van der Waals surface area (Å²) in [5.74, 6) is -4.34. The molecule has 0 bridgehead atoms. The summed E-state index contributed by atoms with van der Waals surface area (Å²) in [5.41, 5.74) is -0.268. The molecule has 2 atom stereocenters. The van der Waals surface area contributed by atoms with Crippen molar-refractivity contribution in [2.24, 2.45) is 0 Å². The number of allylic oxidation sites excluding steroid dienone is 1. The number of carbonyl (C=O) groups is 2. The molecule has 0 spiro atoms. The second-order valence-corrected chi connectivity index (χ2v) is 6.73. The average molecular weight is 393 g/mol. The van der Waals surface area contributed by atoms with Crippen molar-refractivity contribution < 1.29 is 28.6 Å². The van der Waals surface area contributed by atoms with Gasteiger partial charge >= 0.3 is 11.9 Å². The van der Waals surface area contributed by atoms with Gasteiger partial charge in [-0.3, -0.25) is 9.59 Å². The summed E-state index contributed by atoms with van der Waals surface area (Å²) in [7, 11) is 0. The maximum Gasteiger partial charge on any atom is 0.303 e. The predicted molar refractivity (Wildman–Crippen MR) is 101 cm³/mol. The van der Waals surface area contributed by atoms with Crippen LogP contribution < -0.4 is 0 Å². The molecule has 2 N–H and O–H groups in total. The zero-order valence-electron chi connectivity index (χ0n) is 15.5. The van der Waals surface area contributed by atoms with E-state index >= 15 is 0 Å². The lowest BCUT2D eigenvalue weighted by Gasteiger charge is -2.23. The number of hydrogen-bond acceptors (Lipinski definition) is 3. The third-order valence-electron chi connectivity index (χ3n) is 4.65. The molecule has 0 unspecified atom stereocenters. The van der Waals surface area contributed by atoms with E-state index in [1.165, 1.54) is 30.3 Å². The molecule has 2 rings (SSSR count). The van der Waals surface area contributed by atoms with Crippen LogP contribution in [0.3, 0.4) is 0 Å². The van der Waals surface area contributed by atoms with Gasteiger partial charge in [0.25, 0.3) is 0 Å². The maximum atomic E-state index is 14.3. The first kappa shape index (κ1) is 21.8. The molecule has 1 aliphatic rings. The van der Waals surface area contributed by atoms with Crippen LogP contribution in [0.1, 0.15) is 37.7 Å². The fraction of sp³-hybridized carbons (Fsp3) is 0.429. The van der Waals surface area contributed by atoms with Crippen molar-refractivity contribution in [3.05, 3.63) is 60.2 Å². The Morgan fingerprint density at radius 1 is 1.29 bits per heavy atom. The van der Waals surface area contributed by atoms with Crippen LogP contribution in [0.15, 0.2) is 54.6 Å². The molecular weight excluding hydrogens is 368 g/mol. The fourth-order valence-corrected chi connectivity index (χ4v) is 3.06. The number of carboxylic acids is 1. The van der Waals surface area contributed by atoms with Gasteiger partial charge in [-0.05, 0) is 19.3 Å². The number of aliphatic hydroxyl groups excluding tert-OH is 1. The van der Waals surface area contributed by atoms with Crippen LogP contribution in [-0.4, -0.2) is 45.7 Å². The number of amides is 1. The van der Waals surface area contributed by atoms with E-state index in [4.69, 9.17) is 5.11 Å². The number of hydrogen-bond donors (Lipinski definition) is 2. The van der Waals surface area contributed by atoms with Crippen molar-refractivity contribution in [1.82, 2.24) is 4.90 Å². The van der Waals surface area contributed by atoms with Gasteiger partial charge in [-0.15, -0.1) is 0 Å². The van der Waals surface area contributed by atoms with E-state index in [2.05, 4.69) is 0 Å². The number of carbonyl (C=O) groups excluding carboxylic acids is 1. The molecule has 0 radical (unpaired) electrons. The number of alkyl halides is 2. The Bertz CT molecular complexity index is 718. The molecule has 0 aliphatic carbocycles. The van der Waals surface area contributed by atoms with Gasteiger partial charge in [0, 0.05) is 24.9 Å². The molecule has 0 saturated carbocycles. The molecule has 1 heterocycles. The van der Waals surface area contributed by atoms with Gasteiger partial charge in [0.15, 0.2) is 0 Å². The summed E-state index contributed by atoms with van der Waals surface area (Å²) in [6, 6.07) is 6.77. The van der Waals surface area contributed by atoms with E-state index in [1.54, 1.807) is 17.0 Å². The lowest BCUT2D eigenvalue weighted by atomic mass is 10.0. The van der Waals surface area contributed by atoms with Crippen LogP contribution in [0.4, 0.5) is 8.78 Å². The van der Waals surface area contributed by atoms with Gasteiger partial charge < -0.3 is 15.1 Å². The van der Waals surface area contributed by atoms with Gasteiger partial charge in [0.1, 0.15) is 6.10 Å². The Balaban J connectivity index is 1.93. The van der Waals surface area contributed by atoms with E-state index in [0.717, 1.165) is 6.08 Å². The van der Waals surface area contributed by atoms with Crippen LogP contribution >= 0.6 is 0 Å². The van der Waals surface area contributed by atoms with Crippen LogP contribution in [-0.2, 0) is 15.5 Å². The Labute approximate surface area is 163 Å². The highest BCUT2D eigenvalue weighted by atomic mass is 19.3. The van der Waals surface area contributed by atoms with E-state index in [1.807, 2.05) is 6.08 Å². The first-order valence-corrected chi connectivity index (χ1v) is 9.28. The number of aliphatic carboxylic acids is 1. The van der Waals surface area contributed by atoms with E-state index < -0.39 is 18.0 Å². The van der Waals surface area contributed by atoms with Crippen molar-refractivity contribution in [2.45, 2.75) is 50.2 Å². The number of carboxylic acid groups (broad SMARTS) is 1. The highest BCUT2D eigenvalue weighted by Crippen LogP contribution is 2.32. The van der Waals surface area contributed by atoms with Crippen molar-refractivity contribution in [3.63, 3.8) is 0 Å². The number of nitrogens with zero attached hydrogens (tertiary/aromatic N) is 1. The average Bonchev–Trinajstić information content (AvgIpc) is 3.02. The molecule has 0 aromatic heterocycles. The lowest BCUT2D eigenvalue weighted by molar-refractivity contribution is -0.137. The summed E-state index contributed by atoms with van der Waals surface area (Å²) in [6.07, 6.45) is 6.16. The van der Waals surface area contributed by atoms with E-state index in [0.29, 0.717) is 32.2 Å². The van der Waals surface area contributed by atoms with E-state index in [-0.39, 0.29) is 23.9 Å². The molecule has 1 amide bonds. The lowest BCUT2D eigenvalue weighted by Crippen LogP contribution is -2.33. The topological polar surface area (TPSA) is 77.8 Å². The summed E-state index contributed by atoms with van der Waals surface area (Å²) < 4.78 is 28.7. The standard InChI is InChI=1S/C21H25F2NO4/c22-21(23,16-8-4-3-5-9-16)18(25)13-11-17-12-14-19(26)24(17)15-7-2-1-6-10-20(27)28/h2-5,7-9,11,13,17-18,25H,1,6,10,12,14-15H2,(H,27,28)/b7-2-,13-11+/t17-,18+/m0/s1. The zero-order chi connectivity index (χ0) is 20.6. The molecule has 1 aromatic rings. The first-order valence-electron chi connectivity index (χ1n) is 9.28. The van der Waals surface area contributed by atoms with Crippen molar-refractivity contribution >= 4 is 11.9 Å². The number of aliphatic hydroxyl groups is 1. The van der Waals surface area contributed by atoms with Crippen molar-refractivity contribution in [2.75, 3.05) is 6.54 Å². The minimum Gasteiger partial charge on any atom is -0.481 e. The zero-order valence-corrected chi connectivity index (χ0v) is 15.5. The first-order chi connectivity index (χ1) is 13.3. The van der Waals surface area contributed by atoms with Gasteiger partial charge in [-0.1, -0.05) is 54.6 Å². The molecule has 5 nitrogen and oxygen atoms in total. The SMILES string of the molecule is O=C(O)CCC/C=C\CN1C(=O)CC[C@@H]1/C=C/[C@@H](O)C(F)(F)c1ccccc1. The smallest absolute Gasteiger partial charge is 0.303 e. The highest BCUT2D eigenvalue weighted by Gasteiger charge is 2.39. The van der Waals surface area contributed by atoms with Crippen molar-refractivity contribution in [3.8, 4) is 0 Å². The van der Waals surface area contributed by atoms with Gasteiger partial charge in [-0.2, -0.15) is 8.78 Å². The predicted octanol–water partition coefficient (Wildman–Crippen LogP) is 3.50. The summed E-state index contributed by atoms with van der Waals surface area (Å²) in [4.78, 5) is 24.1. The van der Waals surface area contributed by atoms with Crippen LogP contribution in [0.2, 0.25) is 0 Å². The second-order valence-electron chi connectivity index (χ2n) is 6.73. The summed E-state index contributed by atoms with van der Waals surface area (Å²) >= 11 is 0. The van der Waals surface area contributed by atoms with Crippen LogP contribution in [0.25, 0.3) is 0 Å². The Hall–Kier alpha value is -2.54. The molecule has 1 saturated heterocycles. The monoisotopic (exact) mass is 393 g/mol. The minimum atomic E-state index is -3.42. The summed E-state index contributed by atoms with van der Waals surface area (Å²) in [6.45, 7) is 0.325. The number of unbranched alkanes of at least 4 members (excludes halogenated alkanes) is 1. The van der Waals surface area contributed by atoms with Gasteiger partial charge in [0.05, 0.1) is 6.04 Å². The number of likely N-dealkylation sites (tertiary alicyclic amines) is 1. The Kier molecular flexibility index (Phi) is 7.87. The molecule has 1 fully saturated rings. The largest absolute Gasteiger partial charge is 0.481 e. The van der Waals surface area contributed by atoms with Crippen molar-refractivity contribution in [1.29, 1.82) is 0 Å². The normalized spacial score (nSPS) is 19.0. The number of rotatable bonds is 10. The maximum absolute atomic E-state index is 14.3. The van der Waals surface area contributed by atoms with Gasteiger partial charge in [0.2, 0.25) is 5.91 Å². The minimum absolute atomic E-state index is 0.0749. The molecular formula is C21H25F2NO4. The van der Waals surface area contributed by atoms with Gasteiger partial charge in [-0.25, -0.2) is 0 Å². The third-order valence-corrected chi connectivity index (χ3v) is 4.65. The fourth-order valence-electron chi connectivity index (χ4n) is 3.06. The molecule has 1 aliphatic heterocycles. The second kappa shape index (κ2) is 10.1. The molecule has 28 heavy (non-hydrogen) atoms. The van der Waals surface area contributed by atoms with E-state index in [9.17, 15) is 23.5 Å².